The van der Waals surface area contributed by atoms with E-state index in [1.807, 2.05) is 5.38 Å². The number of hydrogen-bond donors (Lipinski definition) is 1. The van der Waals surface area contributed by atoms with Gasteiger partial charge in [-0.1, -0.05) is 13.8 Å². The summed E-state index contributed by atoms with van der Waals surface area (Å²) in [5.74, 6) is 1.11. The molecule has 7 nitrogen and oxygen atoms in total. The van der Waals surface area contributed by atoms with Crippen molar-refractivity contribution < 1.29 is 14.3 Å². The van der Waals surface area contributed by atoms with Gasteiger partial charge in [-0.25, -0.2) is 9.78 Å². The lowest BCUT2D eigenvalue weighted by molar-refractivity contribution is 0.0523. The number of benzene rings is 1. The van der Waals surface area contributed by atoms with E-state index in [2.05, 4.69) is 40.8 Å². The summed E-state index contributed by atoms with van der Waals surface area (Å²) < 4.78 is 13.7. The number of hydrogen-bond acceptors (Lipinski definition) is 7. The molecule has 0 bridgehead atoms. The molecule has 2 aromatic heterocycles. The molecule has 0 radical (unpaired) electrons. The van der Waals surface area contributed by atoms with Crippen molar-refractivity contribution in [2.45, 2.75) is 46.1 Å². The number of piperidine rings is 1. The van der Waals surface area contributed by atoms with Crippen LogP contribution >= 0.6 is 11.3 Å². The van der Waals surface area contributed by atoms with E-state index in [1.54, 1.807) is 36.7 Å². The molecular weight excluding hydrogens is 474 g/mol. The fourth-order valence-electron chi connectivity index (χ4n) is 5.21. The third kappa shape index (κ3) is 4.84. The van der Waals surface area contributed by atoms with Gasteiger partial charge in [0.15, 0.2) is 5.43 Å². The number of ether oxygens (including phenoxy) is 2. The van der Waals surface area contributed by atoms with Gasteiger partial charge in [0.2, 0.25) is 0 Å². The molecule has 0 spiro atoms. The average Bonchev–Trinajstić information content (AvgIpc) is 3.41. The molecule has 2 aliphatic rings. The number of esters is 1. The minimum atomic E-state index is -0.573. The molecule has 2 aliphatic heterocycles. The molecule has 0 amide bonds. The van der Waals surface area contributed by atoms with Crippen molar-refractivity contribution in [2.75, 3.05) is 26.3 Å². The summed E-state index contributed by atoms with van der Waals surface area (Å²) in [6.45, 7) is 9.06. The topological polar surface area (TPSA) is 82.5 Å². The number of rotatable bonds is 7. The van der Waals surface area contributed by atoms with Crippen LogP contribution in [0.1, 0.15) is 55.6 Å². The maximum absolute atomic E-state index is 13.0. The van der Waals surface area contributed by atoms with Crippen LogP contribution in [-0.2, 0) is 11.2 Å². The number of nitrogens with one attached hydrogen (secondary N) is 1. The molecule has 0 saturated carbocycles. The van der Waals surface area contributed by atoms with Crippen molar-refractivity contribution in [3.63, 3.8) is 0 Å². The van der Waals surface area contributed by atoms with Crippen molar-refractivity contribution in [3.8, 4) is 27.6 Å². The van der Waals surface area contributed by atoms with Crippen LogP contribution in [-0.4, -0.2) is 41.8 Å². The van der Waals surface area contributed by atoms with Gasteiger partial charge < -0.3 is 19.4 Å². The molecule has 5 rings (SSSR count). The van der Waals surface area contributed by atoms with Gasteiger partial charge in [0.25, 0.3) is 0 Å². The number of aromatic nitrogens is 2. The fourth-order valence-corrected chi connectivity index (χ4v) is 5.87. The lowest BCUT2D eigenvalue weighted by atomic mass is 9.86. The Kier molecular flexibility index (Phi) is 7.25. The van der Waals surface area contributed by atoms with Crippen LogP contribution in [0.4, 0.5) is 0 Å². The maximum Gasteiger partial charge on any atom is 0.343 e. The molecule has 1 unspecified atom stereocenters. The van der Waals surface area contributed by atoms with Gasteiger partial charge in [-0.2, -0.15) is 0 Å². The van der Waals surface area contributed by atoms with Gasteiger partial charge in [-0.15, -0.1) is 11.3 Å². The van der Waals surface area contributed by atoms with Crippen molar-refractivity contribution in [3.05, 3.63) is 57.3 Å². The molecule has 1 N–H and O–H groups in total. The normalized spacial score (nSPS) is 17.5. The van der Waals surface area contributed by atoms with E-state index >= 15 is 0 Å². The van der Waals surface area contributed by atoms with E-state index in [0.29, 0.717) is 18.4 Å². The lowest BCUT2D eigenvalue weighted by Crippen LogP contribution is -2.30. The van der Waals surface area contributed by atoms with Gasteiger partial charge in [0.05, 0.1) is 24.5 Å². The van der Waals surface area contributed by atoms with Crippen LogP contribution in [0.15, 0.2) is 40.8 Å². The highest BCUT2D eigenvalue weighted by molar-refractivity contribution is 7.13. The third-order valence-corrected chi connectivity index (χ3v) is 8.01. The average molecular weight is 508 g/mol. The summed E-state index contributed by atoms with van der Waals surface area (Å²) >= 11 is 1.57. The predicted molar refractivity (Wildman–Crippen MR) is 142 cm³/mol. The second-order valence-corrected chi connectivity index (χ2v) is 10.8. The molecular formula is C28H33N3O4S. The van der Waals surface area contributed by atoms with Crippen molar-refractivity contribution in [1.82, 2.24) is 14.9 Å². The van der Waals surface area contributed by atoms with Gasteiger partial charge in [0, 0.05) is 35.4 Å². The van der Waals surface area contributed by atoms with Crippen molar-refractivity contribution in [2.24, 2.45) is 11.8 Å². The highest BCUT2D eigenvalue weighted by Gasteiger charge is 2.30. The summed E-state index contributed by atoms with van der Waals surface area (Å²) in [4.78, 5) is 30.0. The predicted octanol–water partition coefficient (Wildman–Crippen LogP) is 4.95. The van der Waals surface area contributed by atoms with Crippen LogP contribution in [0.5, 0.6) is 5.75 Å². The highest BCUT2D eigenvalue weighted by Crippen LogP contribution is 2.43. The first-order valence-electron chi connectivity index (χ1n) is 12.8. The van der Waals surface area contributed by atoms with Gasteiger partial charge in [-0.05, 0) is 68.8 Å². The first-order chi connectivity index (χ1) is 17.5. The van der Waals surface area contributed by atoms with E-state index in [-0.39, 0.29) is 23.6 Å². The Hall–Kier alpha value is -2.97. The quantitative estimate of drug-likeness (QED) is 0.456. The lowest BCUT2D eigenvalue weighted by Gasteiger charge is -2.34. The van der Waals surface area contributed by atoms with Crippen LogP contribution in [0, 0.1) is 11.8 Å². The van der Waals surface area contributed by atoms with E-state index in [1.165, 1.54) is 0 Å². The van der Waals surface area contributed by atoms with Crippen LogP contribution in [0.25, 0.3) is 21.8 Å². The van der Waals surface area contributed by atoms with E-state index in [4.69, 9.17) is 9.47 Å². The molecule has 36 heavy (non-hydrogen) atoms. The Morgan fingerprint density at radius 2 is 2.03 bits per heavy atom. The second-order valence-electron chi connectivity index (χ2n) is 9.93. The zero-order chi connectivity index (χ0) is 25.2. The zero-order valence-electron chi connectivity index (χ0n) is 21.1. The van der Waals surface area contributed by atoms with E-state index < -0.39 is 5.97 Å². The Morgan fingerprint density at radius 1 is 1.22 bits per heavy atom. The van der Waals surface area contributed by atoms with Gasteiger partial charge in [0.1, 0.15) is 16.3 Å². The summed E-state index contributed by atoms with van der Waals surface area (Å²) in [6.07, 6.45) is 6.51. The Balaban J connectivity index is 1.60. The number of carbonyl (C=O) groups excluding carboxylic acids is 1. The summed E-state index contributed by atoms with van der Waals surface area (Å²) in [7, 11) is 0. The molecule has 1 aromatic carbocycles. The van der Waals surface area contributed by atoms with Crippen LogP contribution in [0.2, 0.25) is 0 Å². The SMILES string of the molecule is CCOC(=O)c1cn2c(cc1=O)-c1cc(-c3nccs3)c(OCC3CCNCC3)cc1CC2C(C)C. The van der Waals surface area contributed by atoms with Crippen molar-refractivity contribution >= 4 is 17.3 Å². The molecule has 3 aromatic rings. The maximum atomic E-state index is 13.0. The zero-order valence-corrected chi connectivity index (χ0v) is 21.9. The monoisotopic (exact) mass is 507 g/mol. The van der Waals surface area contributed by atoms with E-state index in [0.717, 1.165) is 65.5 Å². The molecule has 1 fully saturated rings. The summed E-state index contributed by atoms with van der Waals surface area (Å²) in [6, 6.07) is 5.94. The standard InChI is InChI=1S/C28H33N3O4S/c1-4-34-28(33)22-15-31-23(17(2)3)11-19-12-26(35-16-18-5-7-29-8-6-18)21(27-30-9-10-36-27)13-20(19)24(31)14-25(22)32/h9-10,12-15,17-18,23,29H,4-8,11,16H2,1-3H3. The van der Waals surface area contributed by atoms with Crippen LogP contribution in [0.3, 0.4) is 0 Å². The number of fused-ring (bicyclic) bond motifs is 3. The second kappa shape index (κ2) is 10.6. The number of thiazole rings is 1. The molecule has 4 heterocycles. The molecule has 1 atom stereocenters. The minimum Gasteiger partial charge on any atom is -0.493 e. The largest absolute Gasteiger partial charge is 0.493 e. The first-order valence-corrected chi connectivity index (χ1v) is 13.7. The first kappa shape index (κ1) is 24.7. The van der Waals surface area contributed by atoms with Crippen molar-refractivity contribution in [1.29, 1.82) is 0 Å². The van der Waals surface area contributed by atoms with Gasteiger partial charge >= 0.3 is 5.97 Å². The Labute approximate surface area is 215 Å². The summed E-state index contributed by atoms with van der Waals surface area (Å²) in [5, 5.41) is 6.27. The van der Waals surface area contributed by atoms with Crippen LogP contribution < -0.4 is 15.5 Å². The minimum absolute atomic E-state index is 0.0803. The highest BCUT2D eigenvalue weighted by atomic mass is 32.1. The Morgan fingerprint density at radius 3 is 2.72 bits per heavy atom. The third-order valence-electron chi connectivity index (χ3n) is 7.21. The van der Waals surface area contributed by atoms with E-state index in [9.17, 15) is 9.59 Å². The molecule has 8 heteroatoms. The molecule has 190 valence electrons. The number of nitrogens with zero attached hydrogens (tertiary/aromatic N) is 2. The number of carbonyl (C=O) groups is 1. The summed E-state index contributed by atoms with van der Waals surface area (Å²) in [5.41, 5.74) is 3.65. The number of pyridine rings is 1. The smallest absolute Gasteiger partial charge is 0.343 e. The van der Waals surface area contributed by atoms with Gasteiger partial charge in [-0.3, -0.25) is 4.79 Å². The fraction of sp³-hybridized carbons (Fsp3) is 0.464. The molecule has 1 saturated heterocycles. The molecule has 0 aliphatic carbocycles. The Bertz CT molecular complexity index is 1290.